The third-order valence-electron chi connectivity index (χ3n) is 5.28. The molecule has 2 aromatic rings. The molecule has 0 radical (unpaired) electrons. The molecule has 0 aliphatic carbocycles. The van der Waals surface area contributed by atoms with Crippen molar-refractivity contribution in [1.82, 2.24) is 0 Å². The zero-order chi connectivity index (χ0) is 17.8. The fourth-order valence-corrected chi connectivity index (χ4v) is 3.66. The monoisotopic (exact) mass is 327 g/mol. The van der Waals surface area contributed by atoms with Crippen molar-refractivity contribution in [3.63, 3.8) is 0 Å². The molecule has 0 N–H and O–H groups in total. The summed E-state index contributed by atoms with van der Waals surface area (Å²) < 4.78 is 5.48. The first kappa shape index (κ1) is 16.7. The lowest BCUT2D eigenvalue weighted by atomic mass is 9.80. The molecule has 0 spiro atoms. The molecule has 0 saturated heterocycles. The highest BCUT2D eigenvalue weighted by Gasteiger charge is 2.34. The van der Waals surface area contributed by atoms with Gasteiger partial charge in [-0.1, -0.05) is 20.8 Å². The van der Waals surface area contributed by atoms with E-state index >= 15 is 0 Å². The first-order valence-electron chi connectivity index (χ1n) is 8.51. The van der Waals surface area contributed by atoms with Crippen LogP contribution in [0.4, 0.5) is 5.69 Å². The van der Waals surface area contributed by atoms with Crippen LogP contribution in [0.5, 0.6) is 0 Å². The lowest BCUT2D eigenvalue weighted by molar-refractivity contribution is 0.0936. The molecule has 4 heteroatoms. The number of nitrogens with zero attached hydrogens (tertiary/aromatic N) is 1. The van der Waals surface area contributed by atoms with Gasteiger partial charge in [0.2, 0.25) is 0 Å². The highest BCUT2D eigenvalue weighted by molar-refractivity contribution is 5.99. The summed E-state index contributed by atoms with van der Waals surface area (Å²) in [6.45, 7) is 10.2. The fourth-order valence-electron chi connectivity index (χ4n) is 3.66. The lowest BCUT2D eigenvalue weighted by Gasteiger charge is -2.45. The molecule has 0 bridgehead atoms. The van der Waals surface area contributed by atoms with E-state index < -0.39 is 5.63 Å². The molecule has 1 unspecified atom stereocenters. The topological polar surface area (TPSA) is 50.5 Å². The van der Waals surface area contributed by atoms with Crippen molar-refractivity contribution in [1.29, 1.82) is 0 Å². The standard InChI is InChI=1S/C20H25NO3/c1-11(2)18(22)15-8-13-7-14-12(3)10-20(4,5)21(6)16(14)9-17(13)24-19(15)23/h7-9,11-12H,10H2,1-6H3. The third kappa shape index (κ3) is 2.54. The van der Waals surface area contributed by atoms with Crippen LogP contribution in [0.2, 0.25) is 0 Å². The Morgan fingerprint density at radius 1 is 1.29 bits per heavy atom. The van der Waals surface area contributed by atoms with Crippen LogP contribution in [0, 0.1) is 5.92 Å². The van der Waals surface area contributed by atoms with Gasteiger partial charge in [0, 0.05) is 35.6 Å². The van der Waals surface area contributed by atoms with E-state index in [4.69, 9.17) is 4.42 Å². The Labute approximate surface area is 142 Å². The molecule has 0 fully saturated rings. The summed E-state index contributed by atoms with van der Waals surface area (Å²) in [6.07, 6.45) is 1.05. The van der Waals surface area contributed by atoms with Crippen molar-refractivity contribution in [2.75, 3.05) is 11.9 Å². The van der Waals surface area contributed by atoms with Crippen molar-refractivity contribution in [3.05, 3.63) is 39.7 Å². The van der Waals surface area contributed by atoms with Crippen molar-refractivity contribution < 1.29 is 9.21 Å². The molecular weight excluding hydrogens is 302 g/mol. The Bertz CT molecular complexity index is 876. The van der Waals surface area contributed by atoms with Crippen LogP contribution >= 0.6 is 0 Å². The first-order chi connectivity index (χ1) is 11.1. The maximum atomic E-state index is 12.2. The maximum absolute atomic E-state index is 12.2. The number of hydrogen-bond acceptors (Lipinski definition) is 4. The van der Waals surface area contributed by atoms with Gasteiger partial charge in [0.1, 0.15) is 11.1 Å². The van der Waals surface area contributed by atoms with Crippen LogP contribution in [0.1, 0.15) is 62.9 Å². The zero-order valence-corrected chi connectivity index (χ0v) is 15.3. The molecule has 0 amide bonds. The molecule has 0 saturated carbocycles. The number of carbonyl (C=O) groups is 1. The van der Waals surface area contributed by atoms with Gasteiger partial charge in [0.05, 0.1) is 0 Å². The average molecular weight is 327 g/mol. The van der Waals surface area contributed by atoms with Crippen LogP contribution in [-0.4, -0.2) is 18.4 Å². The Morgan fingerprint density at radius 2 is 1.96 bits per heavy atom. The number of benzene rings is 1. The summed E-state index contributed by atoms with van der Waals surface area (Å²) in [5.74, 6) is 0.00952. The van der Waals surface area contributed by atoms with E-state index in [2.05, 4.69) is 38.8 Å². The van der Waals surface area contributed by atoms with E-state index in [1.807, 2.05) is 6.07 Å². The number of carbonyl (C=O) groups excluding carboxylic acids is 1. The van der Waals surface area contributed by atoms with Crippen LogP contribution in [-0.2, 0) is 0 Å². The summed E-state index contributed by atoms with van der Waals surface area (Å²) in [5, 5.41) is 0.817. The summed E-state index contributed by atoms with van der Waals surface area (Å²) in [6, 6.07) is 5.70. The molecule has 24 heavy (non-hydrogen) atoms. The quantitative estimate of drug-likeness (QED) is 0.608. The molecule has 1 aliphatic heterocycles. The maximum Gasteiger partial charge on any atom is 0.347 e. The van der Waals surface area contributed by atoms with Crippen molar-refractivity contribution in [2.24, 2.45) is 5.92 Å². The predicted octanol–water partition coefficient (Wildman–Crippen LogP) is 4.35. The number of Topliss-reactive ketones (excluding diaryl/α,β-unsaturated/α-hetero) is 1. The smallest absolute Gasteiger partial charge is 0.347 e. The Kier molecular flexibility index (Phi) is 3.82. The largest absolute Gasteiger partial charge is 0.422 e. The van der Waals surface area contributed by atoms with Gasteiger partial charge in [0.25, 0.3) is 0 Å². The molecule has 1 aromatic carbocycles. The van der Waals surface area contributed by atoms with Crippen LogP contribution < -0.4 is 10.5 Å². The van der Waals surface area contributed by atoms with E-state index in [-0.39, 0.29) is 22.8 Å². The minimum atomic E-state index is -0.549. The minimum absolute atomic E-state index is 0.0495. The Balaban J connectivity index is 2.23. The Morgan fingerprint density at radius 3 is 2.58 bits per heavy atom. The second-order valence-corrected chi connectivity index (χ2v) is 7.89. The fraction of sp³-hybridized carbons (Fsp3) is 0.500. The zero-order valence-electron chi connectivity index (χ0n) is 15.3. The molecule has 2 heterocycles. The normalized spacial score (nSPS) is 19.6. The minimum Gasteiger partial charge on any atom is -0.422 e. The van der Waals surface area contributed by atoms with Gasteiger partial charge in [-0.3, -0.25) is 4.79 Å². The predicted molar refractivity (Wildman–Crippen MR) is 97.2 cm³/mol. The molecule has 1 aromatic heterocycles. The van der Waals surface area contributed by atoms with E-state index in [1.165, 1.54) is 5.56 Å². The SMILES string of the molecule is CC(C)C(=O)c1cc2cc3c(cc2oc1=O)N(C)C(C)(C)CC3C. The van der Waals surface area contributed by atoms with E-state index in [1.54, 1.807) is 19.9 Å². The summed E-state index contributed by atoms with van der Waals surface area (Å²) >= 11 is 0. The molecular formula is C20H25NO3. The van der Waals surface area contributed by atoms with Crippen molar-refractivity contribution >= 4 is 22.4 Å². The van der Waals surface area contributed by atoms with Gasteiger partial charge in [-0.25, -0.2) is 4.79 Å². The second kappa shape index (κ2) is 5.47. The number of ketones is 1. The lowest BCUT2D eigenvalue weighted by Crippen LogP contribution is -2.45. The second-order valence-electron chi connectivity index (χ2n) is 7.89. The van der Waals surface area contributed by atoms with Crippen LogP contribution in [0.15, 0.2) is 27.4 Å². The number of fused-ring (bicyclic) bond motifs is 2. The summed E-state index contributed by atoms with van der Waals surface area (Å²) in [5.41, 5.74) is 2.52. The van der Waals surface area contributed by atoms with Gasteiger partial charge in [-0.15, -0.1) is 0 Å². The van der Waals surface area contributed by atoms with Gasteiger partial charge in [-0.2, -0.15) is 0 Å². The van der Waals surface area contributed by atoms with Gasteiger partial charge < -0.3 is 9.32 Å². The highest BCUT2D eigenvalue weighted by atomic mass is 16.4. The molecule has 4 nitrogen and oxygen atoms in total. The van der Waals surface area contributed by atoms with E-state index in [0.29, 0.717) is 11.5 Å². The number of anilines is 1. The van der Waals surface area contributed by atoms with Crippen LogP contribution in [0.3, 0.4) is 0 Å². The highest BCUT2D eigenvalue weighted by Crippen LogP contribution is 2.43. The molecule has 1 aliphatic rings. The van der Waals surface area contributed by atoms with Crippen molar-refractivity contribution in [3.8, 4) is 0 Å². The number of hydrogen-bond donors (Lipinski definition) is 0. The van der Waals surface area contributed by atoms with Crippen molar-refractivity contribution in [2.45, 2.75) is 52.5 Å². The summed E-state index contributed by atoms with van der Waals surface area (Å²) in [4.78, 5) is 26.7. The summed E-state index contributed by atoms with van der Waals surface area (Å²) in [7, 11) is 2.07. The Hall–Kier alpha value is -2.10. The molecule has 1 atom stereocenters. The van der Waals surface area contributed by atoms with E-state index in [9.17, 15) is 9.59 Å². The first-order valence-corrected chi connectivity index (χ1v) is 8.51. The van der Waals surface area contributed by atoms with Gasteiger partial charge in [0.15, 0.2) is 5.78 Å². The van der Waals surface area contributed by atoms with E-state index in [0.717, 1.165) is 17.5 Å². The van der Waals surface area contributed by atoms with Crippen LogP contribution in [0.25, 0.3) is 11.0 Å². The molecule has 128 valence electrons. The average Bonchev–Trinajstić information content (AvgIpc) is 2.49. The van der Waals surface area contributed by atoms with Gasteiger partial charge in [-0.05, 0) is 43.9 Å². The van der Waals surface area contributed by atoms with Gasteiger partial charge >= 0.3 is 5.63 Å². The molecule has 3 rings (SSSR count). The number of rotatable bonds is 2. The third-order valence-corrected chi connectivity index (χ3v) is 5.28.